The number of rotatable bonds is 7. The van der Waals surface area contributed by atoms with Gasteiger partial charge in [0.2, 0.25) is 0 Å². The van der Waals surface area contributed by atoms with Crippen LogP contribution in [-0.2, 0) is 6.54 Å². The number of piperidine rings is 1. The van der Waals surface area contributed by atoms with E-state index in [2.05, 4.69) is 15.2 Å². The first-order valence-corrected chi connectivity index (χ1v) is 11.2. The maximum atomic E-state index is 12.8. The minimum absolute atomic E-state index is 0.173. The third-order valence-electron chi connectivity index (χ3n) is 6.54. The van der Waals surface area contributed by atoms with Crippen LogP contribution >= 0.6 is 0 Å². The number of aromatic amines is 1. The van der Waals surface area contributed by atoms with Crippen molar-refractivity contribution >= 4 is 16.9 Å². The number of carbonyl (C=O) groups is 1. The first-order valence-electron chi connectivity index (χ1n) is 11.2. The summed E-state index contributed by atoms with van der Waals surface area (Å²) in [6, 6.07) is 10.1. The number of methoxy groups -OCH3 is 1. The van der Waals surface area contributed by atoms with Crippen LogP contribution in [0.4, 0.5) is 13.2 Å². The van der Waals surface area contributed by atoms with Crippen LogP contribution in [-0.4, -0.2) is 53.4 Å². The third kappa shape index (κ3) is 5.20. The number of nitrogens with zero attached hydrogens (tertiary/aromatic N) is 1. The van der Waals surface area contributed by atoms with E-state index in [9.17, 15) is 23.1 Å². The average molecular weight is 476 g/mol. The number of likely N-dealkylation sites (tertiary alicyclic amines) is 1. The molecule has 34 heavy (non-hydrogen) atoms. The molecule has 9 heteroatoms. The molecule has 2 aromatic carbocycles. The molecule has 2 atom stereocenters. The van der Waals surface area contributed by atoms with E-state index in [1.165, 1.54) is 0 Å². The van der Waals surface area contributed by atoms with Gasteiger partial charge in [-0.15, -0.1) is 0 Å². The van der Waals surface area contributed by atoms with Crippen LogP contribution in [0.15, 0.2) is 42.6 Å². The molecule has 4 rings (SSSR count). The van der Waals surface area contributed by atoms with Gasteiger partial charge in [0.25, 0.3) is 0 Å². The summed E-state index contributed by atoms with van der Waals surface area (Å²) in [5, 5.41) is 12.9. The van der Waals surface area contributed by atoms with Crippen molar-refractivity contribution in [3.63, 3.8) is 0 Å². The predicted octanol–water partition coefficient (Wildman–Crippen LogP) is 5.04. The van der Waals surface area contributed by atoms with E-state index >= 15 is 0 Å². The second-order valence-electron chi connectivity index (χ2n) is 8.77. The van der Waals surface area contributed by atoms with Gasteiger partial charge in [-0.05, 0) is 55.2 Å². The molecule has 1 unspecified atom stereocenters. The Labute approximate surface area is 195 Å². The van der Waals surface area contributed by atoms with E-state index < -0.39 is 18.7 Å². The van der Waals surface area contributed by atoms with E-state index in [4.69, 9.17) is 4.74 Å². The van der Waals surface area contributed by atoms with Gasteiger partial charge in [0.05, 0.1) is 19.2 Å². The van der Waals surface area contributed by atoms with E-state index in [0.717, 1.165) is 33.3 Å². The molecular weight excluding hydrogens is 447 g/mol. The number of H-pyrrole nitrogens is 1. The summed E-state index contributed by atoms with van der Waals surface area (Å²) in [5.41, 5.74) is 4.15. The molecule has 1 fully saturated rings. The van der Waals surface area contributed by atoms with E-state index in [0.29, 0.717) is 25.9 Å². The Morgan fingerprint density at radius 3 is 2.65 bits per heavy atom. The summed E-state index contributed by atoms with van der Waals surface area (Å²) in [4.78, 5) is 16.8. The molecule has 0 amide bonds. The Morgan fingerprint density at radius 1 is 1.26 bits per heavy atom. The van der Waals surface area contributed by atoms with Crippen LogP contribution in [0.3, 0.4) is 0 Å². The Hall–Kier alpha value is -3.04. The van der Waals surface area contributed by atoms with Crippen LogP contribution < -0.4 is 10.1 Å². The van der Waals surface area contributed by atoms with Gasteiger partial charge in [-0.3, -0.25) is 4.90 Å². The van der Waals surface area contributed by atoms with Gasteiger partial charge in [0, 0.05) is 47.8 Å². The van der Waals surface area contributed by atoms with Crippen LogP contribution in [0.1, 0.15) is 45.9 Å². The molecular formula is C25H28F3N3O3. The highest BCUT2D eigenvalue weighted by Gasteiger charge is 2.34. The molecule has 0 aliphatic carbocycles. The Bertz CT molecular complexity index is 1160. The quantitative estimate of drug-likeness (QED) is 0.446. The van der Waals surface area contributed by atoms with Gasteiger partial charge in [-0.1, -0.05) is 12.1 Å². The maximum Gasteiger partial charge on any atom is 0.401 e. The van der Waals surface area contributed by atoms with Crippen molar-refractivity contribution in [3.05, 3.63) is 64.8 Å². The Morgan fingerprint density at radius 2 is 2.00 bits per heavy atom. The fourth-order valence-electron chi connectivity index (χ4n) is 4.83. The number of ether oxygens (including phenoxy) is 1. The second kappa shape index (κ2) is 9.68. The summed E-state index contributed by atoms with van der Waals surface area (Å²) in [7, 11) is 1.63. The number of alkyl halides is 3. The number of fused-ring (bicyclic) bond motifs is 1. The number of hydrogen-bond donors (Lipinski definition) is 3. The zero-order valence-electron chi connectivity index (χ0n) is 19.1. The Balaban J connectivity index is 1.65. The van der Waals surface area contributed by atoms with Gasteiger partial charge in [0.1, 0.15) is 5.75 Å². The molecule has 1 aliphatic rings. The second-order valence-corrected chi connectivity index (χ2v) is 8.77. The van der Waals surface area contributed by atoms with Gasteiger partial charge >= 0.3 is 12.1 Å². The van der Waals surface area contributed by atoms with Gasteiger partial charge in [-0.25, -0.2) is 4.79 Å². The molecule has 3 aromatic rings. The lowest BCUT2D eigenvalue weighted by atomic mass is 9.90. The molecule has 0 spiro atoms. The first kappa shape index (κ1) is 24.1. The largest absolute Gasteiger partial charge is 0.496 e. The van der Waals surface area contributed by atoms with Crippen molar-refractivity contribution in [1.82, 2.24) is 15.2 Å². The van der Waals surface area contributed by atoms with E-state index in [1.807, 2.05) is 25.3 Å². The summed E-state index contributed by atoms with van der Waals surface area (Å²) in [6.07, 6.45) is -1.34. The molecule has 1 aliphatic heterocycles. The summed E-state index contributed by atoms with van der Waals surface area (Å²) >= 11 is 0. The van der Waals surface area contributed by atoms with Crippen LogP contribution in [0.2, 0.25) is 0 Å². The zero-order chi connectivity index (χ0) is 24.5. The summed E-state index contributed by atoms with van der Waals surface area (Å²) < 4.78 is 44.1. The third-order valence-corrected chi connectivity index (χ3v) is 6.54. The molecule has 0 saturated carbocycles. The number of benzene rings is 2. The lowest BCUT2D eigenvalue weighted by Crippen LogP contribution is -2.46. The van der Waals surface area contributed by atoms with Crippen molar-refractivity contribution in [2.75, 3.05) is 20.2 Å². The van der Waals surface area contributed by atoms with E-state index in [-0.39, 0.29) is 17.6 Å². The zero-order valence-corrected chi connectivity index (χ0v) is 19.1. The van der Waals surface area contributed by atoms with Crippen molar-refractivity contribution in [3.8, 4) is 5.75 Å². The molecule has 1 saturated heterocycles. The number of hydrogen-bond acceptors (Lipinski definition) is 4. The number of carboxylic acid groups (broad SMARTS) is 1. The fraction of sp³-hybridized carbons (Fsp3) is 0.400. The number of carboxylic acids is 1. The molecule has 6 nitrogen and oxygen atoms in total. The SMILES string of the molecule is COc1cc(C)c2[nH]ccc2c1CN1CCC(NCC(F)(F)F)C[C@H]1c1ccc(C(=O)O)cc1. The number of aromatic nitrogens is 1. The maximum absolute atomic E-state index is 12.8. The first-order chi connectivity index (χ1) is 16.2. The monoisotopic (exact) mass is 475 g/mol. The molecule has 1 aromatic heterocycles. The summed E-state index contributed by atoms with van der Waals surface area (Å²) in [6.45, 7) is 2.12. The molecule has 0 bridgehead atoms. The van der Waals surface area contributed by atoms with Gasteiger partial charge in [-0.2, -0.15) is 13.2 Å². The standard InChI is InChI=1S/C25H28F3N3O3/c1-15-11-22(34-2)20(19-7-9-29-23(15)19)13-31-10-8-18(30-14-25(26,27)28)12-21(31)16-3-5-17(6-4-16)24(32)33/h3-7,9,11,18,21,29-30H,8,10,12-14H2,1-2H3,(H,32,33)/t18?,21-/m0/s1. The van der Waals surface area contributed by atoms with Gasteiger partial charge in [0.15, 0.2) is 0 Å². The molecule has 182 valence electrons. The van der Waals surface area contributed by atoms with Crippen LogP contribution in [0.5, 0.6) is 5.75 Å². The average Bonchev–Trinajstić information content (AvgIpc) is 3.30. The van der Waals surface area contributed by atoms with Crippen molar-refractivity contribution < 1.29 is 27.8 Å². The van der Waals surface area contributed by atoms with E-state index in [1.54, 1.807) is 31.4 Å². The highest BCUT2D eigenvalue weighted by atomic mass is 19.4. The lowest BCUT2D eigenvalue weighted by molar-refractivity contribution is -0.127. The van der Waals surface area contributed by atoms with Crippen LogP contribution in [0, 0.1) is 6.92 Å². The number of nitrogens with one attached hydrogen (secondary N) is 2. The van der Waals surface area contributed by atoms with Gasteiger partial charge < -0.3 is 20.1 Å². The summed E-state index contributed by atoms with van der Waals surface area (Å²) in [5.74, 6) is -0.252. The number of halogens is 3. The molecule has 0 radical (unpaired) electrons. The van der Waals surface area contributed by atoms with Crippen molar-refractivity contribution in [2.24, 2.45) is 0 Å². The van der Waals surface area contributed by atoms with Crippen molar-refractivity contribution in [1.29, 1.82) is 0 Å². The highest BCUT2D eigenvalue weighted by Crippen LogP contribution is 2.37. The minimum Gasteiger partial charge on any atom is -0.496 e. The highest BCUT2D eigenvalue weighted by molar-refractivity contribution is 5.88. The lowest BCUT2D eigenvalue weighted by Gasteiger charge is -2.40. The smallest absolute Gasteiger partial charge is 0.401 e. The van der Waals surface area contributed by atoms with Crippen molar-refractivity contribution in [2.45, 2.75) is 44.6 Å². The fourth-order valence-corrected chi connectivity index (χ4v) is 4.83. The number of aromatic carboxylic acids is 1. The van der Waals surface area contributed by atoms with Crippen LogP contribution in [0.25, 0.3) is 10.9 Å². The Kier molecular flexibility index (Phi) is 6.86. The molecule has 3 N–H and O–H groups in total. The molecule has 2 heterocycles. The topological polar surface area (TPSA) is 77.6 Å². The number of aryl methyl sites for hydroxylation is 1. The predicted molar refractivity (Wildman–Crippen MR) is 123 cm³/mol. The minimum atomic E-state index is -4.27. The normalized spacial score (nSPS) is 19.4.